The number of anilines is 1. The highest BCUT2D eigenvalue weighted by Crippen LogP contribution is 2.29. The van der Waals surface area contributed by atoms with Gasteiger partial charge in [0.15, 0.2) is 5.15 Å². The molecule has 3 nitrogen and oxygen atoms in total. The van der Waals surface area contributed by atoms with Crippen LogP contribution in [0.4, 0.5) is 5.69 Å². The lowest BCUT2D eigenvalue weighted by Gasteiger charge is -2.11. The van der Waals surface area contributed by atoms with E-state index in [1.807, 2.05) is 56.3 Å². The van der Waals surface area contributed by atoms with Gasteiger partial charge >= 0.3 is 0 Å². The predicted octanol–water partition coefficient (Wildman–Crippen LogP) is 2.90. The summed E-state index contributed by atoms with van der Waals surface area (Å²) in [5.41, 5.74) is 2.87. The first-order valence-electron chi connectivity index (χ1n) is 5.09. The van der Waals surface area contributed by atoms with Crippen molar-refractivity contribution in [3.8, 4) is 5.69 Å². The highest BCUT2D eigenvalue weighted by atomic mass is 35.5. The summed E-state index contributed by atoms with van der Waals surface area (Å²) in [7, 11) is 3.93. The predicted molar refractivity (Wildman–Crippen MR) is 67.6 cm³/mol. The minimum atomic E-state index is 0.647. The molecule has 2 rings (SSSR count). The molecule has 0 radical (unpaired) electrons. The van der Waals surface area contributed by atoms with E-state index in [9.17, 15) is 0 Å². The fourth-order valence-electron chi connectivity index (χ4n) is 1.74. The normalized spacial score (nSPS) is 10.5. The van der Waals surface area contributed by atoms with Crippen LogP contribution in [0.15, 0.2) is 30.3 Å². The van der Waals surface area contributed by atoms with Gasteiger partial charge in [-0.2, -0.15) is 5.10 Å². The molecule has 0 saturated carbocycles. The fraction of sp³-hybridized carbons (Fsp3) is 0.250. The molecule has 16 heavy (non-hydrogen) atoms. The highest BCUT2D eigenvalue weighted by molar-refractivity contribution is 6.32. The summed E-state index contributed by atoms with van der Waals surface area (Å²) in [6, 6.07) is 9.88. The molecule has 1 aromatic carbocycles. The van der Waals surface area contributed by atoms with E-state index in [-0.39, 0.29) is 0 Å². The molecule has 2 aromatic rings. The number of hydrogen-bond donors (Lipinski definition) is 0. The van der Waals surface area contributed by atoms with Crippen molar-refractivity contribution in [1.29, 1.82) is 0 Å². The van der Waals surface area contributed by atoms with E-state index >= 15 is 0 Å². The van der Waals surface area contributed by atoms with E-state index in [0.717, 1.165) is 17.1 Å². The van der Waals surface area contributed by atoms with Crippen molar-refractivity contribution in [1.82, 2.24) is 9.78 Å². The third-order valence-corrected chi connectivity index (χ3v) is 2.76. The quantitative estimate of drug-likeness (QED) is 0.798. The molecule has 0 amide bonds. The Hall–Kier alpha value is -1.48. The molecule has 0 bridgehead atoms. The largest absolute Gasteiger partial charge is 0.374 e. The van der Waals surface area contributed by atoms with Crippen molar-refractivity contribution in [2.75, 3.05) is 19.0 Å². The second-order valence-electron chi connectivity index (χ2n) is 3.87. The van der Waals surface area contributed by atoms with Gasteiger partial charge in [-0.25, -0.2) is 4.68 Å². The molecule has 1 heterocycles. The zero-order valence-electron chi connectivity index (χ0n) is 9.61. The minimum Gasteiger partial charge on any atom is -0.374 e. The molecule has 0 fully saturated rings. The summed E-state index contributed by atoms with van der Waals surface area (Å²) in [5, 5.41) is 5.09. The Labute approximate surface area is 100 Å². The number of rotatable bonds is 2. The molecule has 0 N–H and O–H groups in total. The van der Waals surface area contributed by atoms with Crippen LogP contribution in [-0.2, 0) is 0 Å². The summed E-state index contributed by atoms with van der Waals surface area (Å²) in [4.78, 5) is 1.98. The van der Waals surface area contributed by atoms with Crippen LogP contribution in [0.2, 0.25) is 5.15 Å². The van der Waals surface area contributed by atoms with E-state index in [0.29, 0.717) is 5.15 Å². The van der Waals surface area contributed by atoms with Crippen LogP contribution >= 0.6 is 11.6 Å². The first-order chi connectivity index (χ1) is 7.61. The Morgan fingerprint density at radius 3 is 2.31 bits per heavy atom. The van der Waals surface area contributed by atoms with E-state index in [2.05, 4.69) is 5.10 Å². The monoisotopic (exact) mass is 235 g/mol. The number of aryl methyl sites for hydroxylation is 1. The third kappa shape index (κ3) is 1.78. The van der Waals surface area contributed by atoms with Gasteiger partial charge in [-0.15, -0.1) is 0 Å². The SMILES string of the molecule is Cc1nn(-c2ccccc2)c(Cl)c1N(C)C. The van der Waals surface area contributed by atoms with E-state index in [1.165, 1.54) is 0 Å². The molecular weight excluding hydrogens is 222 g/mol. The number of benzene rings is 1. The van der Waals surface area contributed by atoms with Crippen LogP contribution in [0.25, 0.3) is 5.69 Å². The third-order valence-electron chi connectivity index (χ3n) is 2.42. The average Bonchev–Trinajstić information content (AvgIpc) is 2.55. The molecule has 4 heteroatoms. The van der Waals surface area contributed by atoms with E-state index in [4.69, 9.17) is 11.6 Å². The number of halogens is 1. The van der Waals surface area contributed by atoms with Crippen molar-refractivity contribution in [2.24, 2.45) is 0 Å². The van der Waals surface area contributed by atoms with Crippen LogP contribution in [0.1, 0.15) is 5.69 Å². The van der Waals surface area contributed by atoms with Crippen molar-refractivity contribution < 1.29 is 0 Å². The second kappa shape index (κ2) is 4.18. The molecule has 0 aliphatic rings. The lowest BCUT2D eigenvalue weighted by Crippen LogP contribution is -2.09. The number of aromatic nitrogens is 2. The van der Waals surface area contributed by atoms with E-state index in [1.54, 1.807) is 4.68 Å². The van der Waals surface area contributed by atoms with Crippen LogP contribution < -0.4 is 4.90 Å². The Balaban J connectivity index is 2.56. The summed E-state index contributed by atoms with van der Waals surface area (Å²) in [5.74, 6) is 0. The maximum absolute atomic E-state index is 6.32. The summed E-state index contributed by atoms with van der Waals surface area (Å²) in [6.45, 7) is 1.96. The molecule has 0 unspecified atom stereocenters. The van der Waals surface area contributed by atoms with Gasteiger partial charge in [-0.1, -0.05) is 29.8 Å². The van der Waals surface area contributed by atoms with Gasteiger partial charge in [-0.05, 0) is 19.1 Å². The van der Waals surface area contributed by atoms with Crippen molar-refractivity contribution in [3.05, 3.63) is 41.2 Å². The maximum Gasteiger partial charge on any atom is 0.156 e. The van der Waals surface area contributed by atoms with Crippen LogP contribution in [-0.4, -0.2) is 23.9 Å². The highest BCUT2D eigenvalue weighted by Gasteiger charge is 2.15. The molecule has 0 atom stereocenters. The molecule has 0 spiro atoms. The topological polar surface area (TPSA) is 21.1 Å². The lowest BCUT2D eigenvalue weighted by molar-refractivity contribution is 0.863. The number of nitrogens with zero attached hydrogens (tertiary/aromatic N) is 3. The van der Waals surface area contributed by atoms with E-state index < -0.39 is 0 Å². The van der Waals surface area contributed by atoms with Crippen LogP contribution in [0, 0.1) is 6.92 Å². The first-order valence-corrected chi connectivity index (χ1v) is 5.47. The van der Waals surface area contributed by atoms with Crippen molar-refractivity contribution in [2.45, 2.75) is 6.92 Å². The van der Waals surface area contributed by atoms with Gasteiger partial charge in [0, 0.05) is 14.1 Å². The summed E-state index contributed by atoms with van der Waals surface area (Å²) < 4.78 is 1.76. The summed E-state index contributed by atoms with van der Waals surface area (Å²) >= 11 is 6.32. The van der Waals surface area contributed by atoms with Gasteiger partial charge < -0.3 is 4.90 Å². The standard InChI is InChI=1S/C12H14ClN3/c1-9-11(15(2)3)12(13)16(14-9)10-7-5-4-6-8-10/h4-8H,1-3H3. The van der Waals surface area contributed by atoms with Gasteiger partial charge in [0.05, 0.1) is 17.1 Å². The Bertz CT molecular complexity index is 488. The smallest absolute Gasteiger partial charge is 0.156 e. The Morgan fingerprint density at radius 2 is 1.81 bits per heavy atom. The molecule has 84 valence electrons. The lowest BCUT2D eigenvalue weighted by atomic mass is 10.3. The van der Waals surface area contributed by atoms with Crippen molar-refractivity contribution in [3.63, 3.8) is 0 Å². The zero-order chi connectivity index (χ0) is 11.7. The summed E-state index contributed by atoms with van der Waals surface area (Å²) in [6.07, 6.45) is 0. The molecule has 1 aromatic heterocycles. The van der Waals surface area contributed by atoms with Gasteiger partial charge in [0.25, 0.3) is 0 Å². The van der Waals surface area contributed by atoms with Crippen molar-refractivity contribution >= 4 is 17.3 Å². The fourth-order valence-corrected chi connectivity index (χ4v) is 2.18. The first kappa shape index (κ1) is 11.0. The number of hydrogen-bond acceptors (Lipinski definition) is 2. The van der Waals surface area contributed by atoms with Crippen LogP contribution in [0.3, 0.4) is 0 Å². The van der Waals surface area contributed by atoms with Gasteiger partial charge in [0.1, 0.15) is 0 Å². The molecule has 0 aliphatic carbocycles. The Kier molecular flexibility index (Phi) is 2.88. The molecule has 0 aliphatic heterocycles. The minimum absolute atomic E-state index is 0.647. The van der Waals surface area contributed by atoms with Gasteiger partial charge in [-0.3, -0.25) is 0 Å². The maximum atomic E-state index is 6.32. The van der Waals surface area contributed by atoms with Gasteiger partial charge in [0.2, 0.25) is 0 Å². The second-order valence-corrected chi connectivity index (χ2v) is 4.22. The molecule has 0 saturated heterocycles. The average molecular weight is 236 g/mol. The van der Waals surface area contributed by atoms with Crippen LogP contribution in [0.5, 0.6) is 0 Å². The zero-order valence-corrected chi connectivity index (χ0v) is 10.4. The number of para-hydroxylation sites is 1. The Morgan fingerprint density at radius 1 is 1.19 bits per heavy atom. The molecular formula is C12H14ClN3.